The van der Waals surface area contributed by atoms with Crippen molar-refractivity contribution in [2.24, 2.45) is 0 Å². The third-order valence-corrected chi connectivity index (χ3v) is 3.25. The van der Waals surface area contributed by atoms with Crippen molar-refractivity contribution in [2.75, 3.05) is 12.3 Å². The highest BCUT2D eigenvalue weighted by atomic mass is 32.2. The minimum Gasteiger partial charge on any atom is -0.435 e. The number of aromatic nitrogens is 2. The number of nitrogens with one attached hydrogen (secondary N) is 1. The smallest absolute Gasteiger partial charge is 0.387 e. The molecule has 1 amide bonds. The van der Waals surface area contributed by atoms with Gasteiger partial charge in [-0.15, -0.1) is 10.2 Å². The van der Waals surface area contributed by atoms with E-state index in [1.807, 2.05) is 6.92 Å². The van der Waals surface area contributed by atoms with Gasteiger partial charge in [0.25, 0.3) is 5.22 Å². The first-order chi connectivity index (χ1) is 10.6. The van der Waals surface area contributed by atoms with Crippen LogP contribution in [0, 0.1) is 0 Å². The van der Waals surface area contributed by atoms with Crippen molar-refractivity contribution in [3.05, 3.63) is 24.3 Å². The Morgan fingerprint density at radius 1 is 1.36 bits per heavy atom. The zero-order valence-corrected chi connectivity index (χ0v) is 12.4. The molecule has 0 bridgehead atoms. The summed E-state index contributed by atoms with van der Waals surface area (Å²) in [6, 6.07) is 5.83. The van der Waals surface area contributed by atoms with Gasteiger partial charge in [0, 0.05) is 12.1 Å². The Hall–Kier alpha value is -2.16. The summed E-state index contributed by atoms with van der Waals surface area (Å²) < 4.78 is 33.7. The van der Waals surface area contributed by atoms with Crippen LogP contribution >= 0.6 is 11.8 Å². The lowest BCUT2D eigenvalue weighted by Gasteiger charge is -2.03. The summed E-state index contributed by atoms with van der Waals surface area (Å²) in [5.74, 6) is 0.336. The van der Waals surface area contributed by atoms with Crippen LogP contribution in [0.25, 0.3) is 11.5 Å². The minimum atomic E-state index is -2.87. The lowest BCUT2D eigenvalue weighted by molar-refractivity contribution is -0.118. The third kappa shape index (κ3) is 4.69. The largest absolute Gasteiger partial charge is 0.435 e. The van der Waals surface area contributed by atoms with Gasteiger partial charge in [0.05, 0.1) is 5.75 Å². The minimum absolute atomic E-state index is 0.0455. The fourth-order valence-corrected chi connectivity index (χ4v) is 2.13. The molecule has 9 heteroatoms. The Bertz CT molecular complexity index is 619. The number of nitrogens with zero attached hydrogens (tertiary/aromatic N) is 2. The Labute approximate surface area is 129 Å². The van der Waals surface area contributed by atoms with Crippen LogP contribution in [0.1, 0.15) is 6.92 Å². The van der Waals surface area contributed by atoms with Gasteiger partial charge in [0.2, 0.25) is 11.8 Å². The average molecular weight is 329 g/mol. The van der Waals surface area contributed by atoms with E-state index in [-0.39, 0.29) is 28.5 Å². The lowest BCUT2D eigenvalue weighted by atomic mass is 10.2. The van der Waals surface area contributed by atoms with Gasteiger partial charge in [-0.05, 0) is 31.2 Å². The summed E-state index contributed by atoms with van der Waals surface area (Å²) in [5.41, 5.74) is 0.568. The molecule has 0 atom stereocenters. The highest BCUT2D eigenvalue weighted by Crippen LogP contribution is 2.25. The van der Waals surface area contributed by atoms with Gasteiger partial charge in [-0.1, -0.05) is 11.8 Å². The second kappa shape index (κ2) is 7.74. The fraction of sp³-hybridized carbons (Fsp3) is 0.308. The number of alkyl halides is 2. The Morgan fingerprint density at radius 3 is 2.73 bits per heavy atom. The van der Waals surface area contributed by atoms with Crippen molar-refractivity contribution in [1.82, 2.24) is 15.5 Å². The number of rotatable bonds is 7. The maximum atomic E-state index is 12.1. The number of thioether (sulfide) groups is 1. The highest BCUT2D eigenvalue weighted by Gasteiger charge is 2.11. The van der Waals surface area contributed by atoms with Crippen LogP contribution in [0.4, 0.5) is 8.78 Å². The summed E-state index contributed by atoms with van der Waals surface area (Å²) in [6.45, 7) is -0.484. The van der Waals surface area contributed by atoms with Crippen LogP contribution < -0.4 is 10.1 Å². The zero-order chi connectivity index (χ0) is 15.9. The molecule has 22 heavy (non-hydrogen) atoms. The predicted octanol–water partition coefficient (Wildman–Crippen LogP) is 2.57. The Kier molecular flexibility index (Phi) is 5.70. The number of carbonyl (C=O) groups excluding carboxylic acids is 1. The number of hydrogen-bond donors (Lipinski definition) is 1. The van der Waals surface area contributed by atoms with Crippen LogP contribution in [0.15, 0.2) is 33.9 Å². The normalized spacial score (nSPS) is 10.7. The Balaban J connectivity index is 1.97. The SMILES string of the molecule is CCNC(=O)CSc1nnc(-c2ccc(OC(F)F)cc2)o1. The van der Waals surface area contributed by atoms with Crippen LogP contribution in [0.3, 0.4) is 0 Å². The van der Waals surface area contributed by atoms with Gasteiger partial charge in [-0.2, -0.15) is 8.78 Å². The van der Waals surface area contributed by atoms with E-state index < -0.39 is 6.61 Å². The summed E-state index contributed by atoms with van der Waals surface area (Å²) in [7, 11) is 0. The standard InChI is InChI=1S/C13H13F2N3O3S/c1-2-16-10(19)7-22-13-18-17-11(21-13)8-3-5-9(6-4-8)20-12(14)15/h3-6,12H,2,7H2,1H3,(H,16,19). The maximum Gasteiger partial charge on any atom is 0.387 e. The molecule has 0 aliphatic rings. The highest BCUT2D eigenvalue weighted by molar-refractivity contribution is 7.99. The van der Waals surface area contributed by atoms with E-state index in [1.165, 1.54) is 24.3 Å². The number of halogens is 2. The van der Waals surface area contributed by atoms with E-state index in [2.05, 4.69) is 20.3 Å². The summed E-state index contributed by atoms with van der Waals surface area (Å²) in [6.07, 6.45) is 0. The number of ether oxygens (including phenoxy) is 1. The summed E-state index contributed by atoms with van der Waals surface area (Å²) >= 11 is 1.12. The molecule has 0 aliphatic carbocycles. The molecule has 0 saturated carbocycles. The molecule has 0 spiro atoms. The van der Waals surface area contributed by atoms with Crippen molar-refractivity contribution < 1.29 is 22.7 Å². The molecule has 118 valence electrons. The number of carbonyl (C=O) groups is 1. The van der Waals surface area contributed by atoms with Crippen molar-refractivity contribution in [2.45, 2.75) is 18.8 Å². The molecule has 1 aromatic carbocycles. The van der Waals surface area contributed by atoms with Gasteiger partial charge in [-0.25, -0.2) is 0 Å². The van der Waals surface area contributed by atoms with E-state index in [0.29, 0.717) is 12.1 Å². The second-order valence-corrected chi connectivity index (χ2v) is 4.94. The van der Waals surface area contributed by atoms with Gasteiger partial charge >= 0.3 is 6.61 Å². The zero-order valence-electron chi connectivity index (χ0n) is 11.6. The average Bonchev–Trinajstić information content (AvgIpc) is 2.94. The predicted molar refractivity (Wildman–Crippen MR) is 75.8 cm³/mol. The van der Waals surface area contributed by atoms with Gasteiger partial charge in [0.1, 0.15) is 5.75 Å². The molecule has 6 nitrogen and oxygen atoms in total. The lowest BCUT2D eigenvalue weighted by Crippen LogP contribution is -2.24. The topological polar surface area (TPSA) is 77.2 Å². The van der Waals surface area contributed by atoms with Crippen molar-refractivity contribution in [3.8, 4) is 17.2 Å². The fourth-order valence-electron chi connectivity index (χ4n) is 1.54. The van der Waals surface area contributed by atoms with Gasteiger partial charge < -0.3 is 14.5 Å². The van der Waals surface area contributed by atoms with Gasteiger partial charge in [0.15, 0.2) is 0 Å². The second-order valence-electron chi connectivity index (χ2n) is 4.02. The van der Waals surface area contributed by atoms with E-state index >= 15 is 0 Å². The van der Waals surface area contributed by atoms with Crippen molar-refractivity contribution in [3.63, 3.8) is 0 Å². The molecule has 0 aliphatic heterocycles. The monoisotopic (exact) mass is 329 g/mol. The number of benzene rings is 1. The third-order valence-electron chi connectivity index (χ3n) is 2.43. The first-order valence-electron chi connectivity index (χ1n) is 6.36. The molecule has 0 saturated heterocycles. The number of hydrogen-bond acceptors (Lipinski definition) is 6. The first-order valence-corrected chi connectivity index (χ1v) is 7.35. The van der Waals surface area contributed by atoms with Gasteiger partial charge in [-0.3, -0.25) is 4.79 Å². The van der Waals surface area contributed by atoms with E-state index in [0.717, 1.165) is 11.8 Å². The van der Waals surface area contributed by atoms with E-state index in [1.54, 1.807) is 0 Å². The molecule has 1 heterocycles. The van der Waals surface area contributed by atoms with Crippen LogP contribution in [-0.2, 0) is 4.79 Å². The Morgan fingerprint density at radius 2 is 2.09 bits per heavy atom. The first kappa shape index (κ1) is 16.2. The van der Waals surface area contributed by atoms with Crippen molar-refractivity contribution in [1.29, 1.82) is 0 Å². The molecule has 2 aromatic rings. The van der Waals surface area contributed by atoms with E-state index in [4.69, 9.17) is 4.42 Å². The number of amides is 1. The molecule has 0 unspecified atom stereocenters. The molecular weight excluding hydrogens is 316 g/mol. The molecule has 1 aromatic heterocycles. The van der Waals surface area contributed by atoms with Crippen LogP contribution in [0.5, 0.6) is 5.75 Å². The van der Waals surface area contributed by atoms with Crippen molar-refractivity contribution >= 4 is 17.7 Å². The molecule has 0 fully saturated rings. The molecule has 2 rings (SSSR count). The summed E-state index contributed by atoms with van der Waals surface area (Å²) in [4.78, 5) is 11.3. The summed E-state index contributed by atoms with van der Waals surface area (Å²) in [5, 5.41) is 10.6. The molecule has 0 radical (unpaired) electrons. The molecular formula is C13H13F2N3O3S. The van der Waals surface area contributed by atoms with E-state index in [9.17, 15) is 13.6 Å². The molecule has 1 N–H and O–H groups in total. The quantitative estimate of drug-likeness (QED) is 0.787. The van der Waals surface area contributed by atoms with Crippen LogP contribution in [0.2, 0.25) is 0 Å². The van der Waals surface area contributed by atoms with Crippen LogP contribution in [-0.4, -0.2) is 35.0 Å². The maximum absolute atomic E-state index is 12.1.